The van der Waals surface area contributed by atoms with Crippen LogP contribution in [0.2, 0.25) is 0 Å². The SMILES string of the molecule is CCCN(c1ccc(N)cc1)S(=O)(=O)CCCOC. The Bertz CT molecular complexity index is 471. The topological polar surface area (TPSA) is 72.6 Å². The number of hydrogen-bond acceptors (Lipinski definition) is 4. The van der Waals surface area contributed by atoms with E-state index in [-0.39, 0.29) is 5.75 Å². The highest BCUT2D eigenvalue weighted by Crippen LogP contribution is 2.20. The average Bonchev–Trinajstić information content (AvgIpc) is 2.37. The first-order valence-electron chi connectivity index (χ1n) is 6.36. The molecule has 1 rings (SSSR count). The fraction of sp³-hybridized carbons (Fsp3) is 0.538. The number of nitrogens with zero attached hydrogens (tertiary/aromatic N) is 1. The molecule has 0 fully saturated rings. The molecule has 2 N–H and O–H groups in total. The Labute approximate surface area is 115 Å². The molecule has 19 heavy (non-hydrogen) atoms. The van der Waals surface area contributed by atoms with E-state index in [9.17, 15) is 8.42 Å². The van der Waals surface area contributed by atoms with Crippen molar-refractivity contribution >= 4 is 21.4 Å². The molecule has 0 atom stereocenters. The zero-order valence-electron chi connectivity index (χ0n) is 11.5. The van der Waals surface area contributed by atoms with E-state index in [1.54, 1.807) is 31.4 Å². The predicted octanol–water partition coefficient (Wildman–Crippen LogP) is 1.85. The van der Waals surface area contributed by atoms with E-state index >= 15 is 0 Å². The zero-order valence-corrected chi connectivity index (χ0v) is 12.3. The highest BCUT2D eigenvalue weighted by Gasteiger charge is 2.21. The molecular weight excluding hydrogens is 264 g/mol. The van der Waals surface area contributed by atoms with Gasteiger partial charge in [-0.25, -0.2) is 8.42 Å². The summed E-state index contributed by atoms with van der Waals surface area (Å²) in [5.74, 6) is 0.0885. The predicted molar refractivity (Wildman–Crippen MR) is 78.8 cm³/mol. The Morgan fingerprint density at radius 1 is 1.26 bits per heavy atom. The van der Waals surface area contributed by atoms with E-state index in [1.165, 1.54) is 4.31 Å². The van der Waals surface area contributed by atoms with Crippen LogP contribution >= 0.6 is 0 Å². The lowest BCUT2D eigenvalue weighted by atomic mass is 10.3. The summed E-state index contributed by atoms with van der Waals surface area (Å²) < 4.78 is 31.0. The molecule has 0 radical (unpaired) electrons. The van der Waals surface area contributed by atoms with Gasteiger partial charge in [0.1, 0.15) is 0 Å². The van der Waals surface area contributed by atoms with Crippen LogP contribution in [0.25, 0.3) is 0 Å². The summed E-state index contributed by atoms with van der Waals surface area (Å²) in [5.41, 5.74) is 6.91. The van der Waals surface area contributed by atoms with E-state index in [1.807, 2.05) is 6.92 Å². The van der Waals surface area contributed by atoms with Crippen LogP contribution in [-0.2, 0) is 14.8 Å². The fourth-order valence-electron chi connectivity index (χ4n) is 1.77. The number of anilines is 2. The van der Waals surface area contributed by atoms with Gasteiger partial charge in [0, 0.05) is 25.9 Å². The Morgan fingerprint density at radius 2 is 1.89 bits per heavy atom. The third kappa shape index (κ3) is 4.72. The summed E-state index contributed by atoms with van der Waals surface area (Å²) in [4.78, 5) is 0. The summed E-state index contributed by atoms with van der Waals surface area (Å²) in [6.07, 6.45) is 1.25. The Hall–Kier alpha value is -1.27. The first kappa shape index (κ1) is 15.8. The second-order valence-corrected chi connectivity index (χ2v) is 6.34. The number of methoxy groups -OCH3 is 1. The van der Waals surface area contributed by atoms with Crippen LogP contribution in [0.4, 0.5) is 11.4 Å². The molecule has 0 saturated carbocycles. The Morgan fingerprint density at radius 3 is 2.42 bits per heavy atom. The molecule has 108 valence electrons. The van der Waals surface area contributed by atoms with Crippen molar-refractivity contribution in [3.05, 3.63) is 24.3 Å². The second-order valence-electron chi connectivity index (χ2n) is 4.33. The summed E-state index contributed by atoms with van der Waals surface area (Å²) in [6.45, 7) is 2.87. The lowest BCUT2D eigenvalue weighted by molar-refractivity contribution is 0.199. The molecule has 0 spiro atoms. The van der Waals surface area contributed by atoms with Gasteiger partial charge in [-0.2, -0.15) is 0 Å². The molecule has 0 heterocycles. The Balaban J connectivity index is 2.89. The van der Waals surface area contributed by atoms with Crippen molar-refractivity contribution in [2.45, 2.75) is 19.8 Å². The van der Waals surface area contributed by atoms with Crippen LogP contribution in [0.5, 0.6) is 0 Å². The van der Waals surface area contributed by atoms with E-state index in [0.717, 1.165) is 6.42 Å². The monoisotopic (exact) mass is 286 g/mol. The molecule has 5 nitrogen and oxygen atoms in total. The average molecular weight is 286 g/mol. The lowest BCUT2D eigenvalue weighted by Gasteiger charge is -2.24. The second kappa shape index (κ2) is 7.35. The van der Waals surface area contributed by atoms with Crippen molar-refractivity contribution in [3.63, 3.8) is 0 Å². The lowest BCUT2D eigenvalue weighted by Crippen LogP contribution is -2.34. The third-order valence-electron chi connectivity index (χ3n) is 2.69. The number of nitrogens with two attached hydrogens (primary N) is 1. The smallest absolute Gasteiger partial charge is 0.235 e. The summed E-state index contributed by atoms with van der Waals surface area (Å²) in [6, 6.07) is 6.89. The molecule has 1 aromatic carbocycles. The molecule has 0 aromatic heterocycles. The van der Waals surface area contributed by atoms with Gasteiger partial charge in [0.15, 0.2) is 0 Å². The minimum absolute atomic E-state index is 0.0885. The molecule has 0 aliphatic carbocycles. The number of ether oxygens (including phenoxy) is 1. The van der Waals surface area contributed by atoms with Crippen LogP contribution in [0.15, 0.2) is 24.3 Å². The van der Waals surface area contributed by atoms with Crippen molar-refractivity contribution < 1.29 is 13.2 Å². The number of nitrogen functional groups attached to an aromatic ring is 1. The number of benzene rings is 1. The van der Waals surface area contributed by atoms with Crippen LogP contribution in [-0.4, -0.2) is 34.4 Å². The van der Waals surface area contributed by atoms with E-state index in [2.05, 4.69) is 0 Å². The highest BCUT2D eigenvalue weighted by atomic mass is 32.2. The summed E-state index contributed by atoms with van der Waals surface area (Å²) in [7, 11) is -1.74. The van der Waals surface area contributed by atoms with Crippen molar-refractivity contribution in [1.82, 2.24) is 0 Å². The van der Waals surface area contributed by atoms with Gasteiger partial charge in [0.05, 0.1) is 11.4 Å². The van der Waals surface area contributed by atoms with Gasteiger partial charge in [0.2, 0.25) is 10.0 Å². The first-order chi connectivity index (χ1) is 9.01. The van der Waals surface area contributed by atoms with Crippen molar-refractivity contribution in [1.29, 1.82) is 0 Å². The molecule has 6 heteroatoms. The molecule has 0 saturated heterocycles. The van der Waals surface area contributed by atoms with Crippen molar-refractivity contribution in [3.8, 4) is 0 Å². The van der Waals surface area contributed by atoms with E-state index < -0.39 is 10.0 Å². The third-order valence-corrected chi connectivity index (χ3v) is 4.56. The number of hydrogen-bond donors (Lipinski definition) is 1. The van der Waals surface area contributed by atoms with Gasteiger partial charge >= 0.3 is 0 Å². The molecule has 0 aliphatic rings. The molecule has 0 bridgehead atoms. The molecular formula is C13H22N2O3S. The summed E-state index contributed by atoms with van der Waals surface area (Å²) in [5, 5.41) is 0. The normalized spacial score (nSPS) is 11.5. The van der Waals surface area contributed by atoms with E-state index in [4.69, 9.17) is 10.5 Å². The number of rotatable bonds is 8. The standard InChI is InChI=1S/C13H22N2O3S/c1-3-9-15(13-7-5-12(14)6-8-13)19(16,17)11-4-10-18-2/h5-8H,3-4,9-11,14H2,1-2H3. The maximum atomic E-state index is 12.3. The molecule has 1 aromatic rings. The van der Waals surface area contributed by atoms with Gasteiger partial charge < -0.3 is 10.5 Å². The maximum absolute atomic E-state index is 12.3. The van der Waals surface area contributed by atoms with Gasteiger partial charge in [0.25, 0.3) is 0 Å². The zero-order chi connectivity index (χ0) is 14.3. The molecule has 0 amide bonds. The first-order valence-corrected chi connectivity index (χ1v) is 7.97. The Kier molecular flexibility index (Phi) is 6.11. The van der Waals surface area contributed by atoms with Crippen LogP contribution in [0.3, 0.4) is 0 Å². The minimum atomic E-state index is -3.31. The van der Waals surface area contributed by atoms with E-state index in [0.29, 0.717) is 30.9 Å². The molecule has 0 unspecified atom stereocenters. The summed E-state index contributed by atoms with van der Waals surface area (Å²) >= 11 is 0. The van der Waals surface area contributed by atoms with Crippen LogP contribution in [0, 0.1) is 0 Å². The van der Waals surface area contributed by atoms with Gasteiger partial charge in [-0.05, 0) is 37.1 Å². The minimum Gasteiger partial charge on any atom is -0.399 e. The quantitative estimate of drug-likeness (QED) is 0.585. The van der Waals surface area contributed by atoms with Gasteiger partial charge in [-0.15, -0.1) is 0 Å². The molecule has 0 aliphatic heterocycles. The van der Waals surface area contributed by atoms with Crippen molar-refractivity contribution in [2.75, 3.05) is 36.1 Å². The van der Waals surface area contributed by atoms with Gasteiger partial charge in [-0.1, -0.05) is 6.92 Å². The number of sulfonamides is 1. The van der Waals surface area contributed by atoms with Gasteiger partial charge in [-0.3, -0.25) is 4.31 Å². The van der Waals surface area contributed by atoms with Crippen LogP contribution < -0.4 is 10.0 Å². The largest absolute Gasteiger partial charge is 0.399 e. The maximum Gasteiger partial charge on any atom is 0.235 e. The fourth-order valence-corrected chi connectivity index (χ4v) is 3.38. The van der Waals surface area contributed by atoms with Crippen molar-refractivity contribution in [2.24, 2.45) is 0 Å². The van der Waals surface area contributed by atoms with Crippen LogP contribution in [0.1, 0.15) is 19.8 Å². The highest BCUT2D eigenvalue weighted by molar-refractivity contribution is 7.92.